The van der Waals surface area contributed by atoms with E-state index in [0.717, 1.165) is 5.56 Å². The molecule has 0 aliphatic heterocycles. The number of nitrogens with one attached hydrogen (secondary N) is 2. The van der Waals surface area contributed by atoms with E-state index in [2.05, 4.69) is 41.1 Å². The van der Waals surface area contributed by atoms with Crippen molar-refractivity contribution in [1.82, 2.24) is 10.6 Å². The molecule has 0 saturated heterocycles. The van der Waals surface area contributed by atoms with Crippen LogP contribution in [0.25, 0.3) is 0 Å². The average molecular weight is 473 g/mol. The highest BCUT2D eigenvalue weighted by Gasteiger charge is 2.27. The summed E-state index contributed by atoms with van der Waals surface area (Å²) in [6.45, 7) is 5.64. The summed E-state index contributed by atoms with van der Waals surface area (Å²) < 4.78 is 40.7. The van der Waals surface area contributed by atoms with E-state index in [1.54, 1.807) is 19.2 Å². The normalized spacial score (nSPS) is 13.4. The highest BCUT2D eigenvalue weighted by atomic mass is 127. The summed E-state index contributed by atoms with van der Waals surface area (Å²) in [5.74, 6) is 1.20. The lowest BCUT2D eigenvalue weighted by Crippen LogP contribution is -2.43. The van der Waals surface area contributed by atoms with Gasteiger partial charge in [-0.3, -0.25) is 4.99 Å². The number of aliphatic imine (C=N–C) groups is 1. The summed E-state index contributed by atoms with van der Waals surface area (Å²) in [6.07, 6.45) is -4.29. The van der Waals surface area contributed by atoms with Gasteiger partial charge in [-0.2, -0.15) is 13.2 Å². The van der Waals surface area contributed by atoms with Crippen LogP contribution in [0, 0.1) is 5.92 Å². The van der Waals surface area contributed by atoms with Crippen molar-refractivity contribution >= 4 is 29.9 Å². The zero-order valence-corrected chi connectivity index (χ0v) is 17.3. The first-order valence-electron chi connectivity index (χ1n) is 7.90. The predicted molar refractivity (Wildman–Crippen MR) is 105 cm³/mol. The molecule has 4 nitrogen and oxygen atoms in total. The Bertz CT molecular complexity index is 519. The number of benzene rings is 1. The van der Waals surface area contributed by atoms with Crippen molar-refractivity contribution in [2.24, 2.45) is 10.9 Å². The van der Waals surface area contributed by atoms with Gasteiger partial charge >= 0.3 is 6.18 Å². The molecule has 1 rings (SSSR count). The van der Waals surface area contributed by atoms with E-state index in [4.69, 9.17) is 0 Å². The Morgan fingerprint density at radius 1 is 1.12 bits per heavy atom. The first-order chi connectivity index (χ1) is 11.2. The molecule has 1 atom stereocenters. The molecule has 0 aromatic heterocycles. The molecule has 1 aromatic carbocycles. The standard InChI is InChI=1S/C17H26F3N3O.HI/c1-12(2)13(3)23-16(21-4)22-9-14-5-7-15(8-6-14)10-24-11-17(18,19)20;/h5-8,12-13H,9-11H2,1-4H3,(H2,21,22,23);1H. The van der Waals surface area contributed by atoms with Crippen LogP contribution in [-0.2, 0) is 17.9 Å². The molecule has 144 valence electrons. The van der Waals surface area contributed by atoms with Crippen LogP contribution in [0.4, 0.5) is 13.2 Å². The van der Waals surface area contributed by atoms with Crippen LogP contribution >= 0.6 is 24.0 Å². The fourth-order valence-electron chi connectivity index (χ4n) is 1.80. The molecule has 0 amide bonds. The molecule has 0 bridgehead atoms. The highest BCUT2D eigenvalue weighted by Crippen LogP contribution is 2.15. The molecule has 0 spiro atoms. The fourth-order valence-corrected chi connectivity index (χ4v) is 1.80. The SMILES string of the molecule is CN=C(NCc1ccc(COCC(F)(F)F)cc1)NC(C)C(C)C.I. The van der Waals surface area contributed by atoms with Gasteiger partial charge in [0.2, 0.25) is 0 Å². The van der Waals surface area contributed by atoms with Gasteiger partial charge in [0.1, 0.15) is 6.61 Å². The maximum absolute atomic E-state index is 12.0. The van der Waals surface area contributed by atoms with E-state index in [1.807, 2.05) is 12.1 Å². The van der Waals surface area contributed by atoms with Gasteiger partial charge in [0.25, 0.3) is 0 Å². The first-order valence-corrected chi connectivity index (χ1v) is 7.90. The lowest BCUT2D eigenvalue weighted by atomic mass is 10.1. The third-order valence-electron chi connectivity index (χ3n) is 3.61. The lowest BCUT2D eigenvalue weighted by molar-refractivity contribution is -0.176. The van der Waals surface area contributed by atoms with Crippen LogP contribution in [0.5, 0.6) is 0 Å². The van der Waals surface area contributed by atoms with Gasteiger partial charge in [0, 0.05) is 19.6 Å². The first kappa shape index (κ1) is 24.0. The van der Waals surface area contributed by atoms with Crippen molar-refractivity contribution in [3.8, 4) is 0 Å². The Labute approximate surface area is 164 Å². The molecule has 0 aliphatic rings. The van der Waals surface area contributed by atoms with Crippen LogP contribution in [0.3, 0.4) is 0 Å². The lowest BCUT2D eigenvalue weighted by Gasteiger charge is -2.20. The van der Waals surface area contributed by atoms with Gasteiger partial charge in [-0.1, -0.05) is 38.1 Å². The van der Waals surface area contributed by atoms with Gasteiger partial charge in [-0.15, -0.1) is 24.0 Å². The summed E-state index contributed by atoms with van der Waals surface area (Å²) in [7, 11) is 1.71. The number of rotatable bonds is 7. The number of guanidine groups is 1. The van der Waals surface area contributed by atoms with Gasteiger partial charge in [0.05, 0.1) is 6.61 Å². The zero-order chi connectivity index (χ0) is 18.2. The van der Waals surface area contributed by atoms with Crippen molar-refractivity contribution in [2.45, 2.75) is 46.1 Å². The molecule has 0 aliphatic carbocycles. The third-order valence-corrected chi connectivity index (χ3v) is 3.61. The van der Waals surface area contributed by atoms with Crippen LogP contribution in [-0.4, -0.2) is 31.8 Å². The van der Waals surface area contributed by atoms with Crippen molar-refractivity contribution in [3.05, 3.63) is 35.4 Å². The molecule has 1 unspecified atom stereocenters. The van der Waals surface area contributed by atoms with Crippen molar-refractivity contribution < 1.29 is 17.9 Å². The van der Waals surface area contributed by atoms with Crippen molar-refractivity contribution in [3.63, 3.8) is 0 Å². The van der Waals surface area contributed by atoms with E-state index in [9.17, 15) is 13.2 Å². The molecule has 1 aromatic rings. The molecule has 0 fully saturated rings. The number of hydrogen-bond donors (Lipinski definition) is 2. The summed E-state index contributed by atoms with van der Waals surface area (Å²) in [6, 6.07) is 7.54. The second-order valence-corrected chi connectivity index (χ2v) is 6.03. The summed E-state index contributed by atoms with van der Waals surface area (Å²) in [5.41, 5.74) is 1.72. The molecule has 0 radical (unpaired) electrons. The van der Waals surface area contributed by atoms with E-state index >= 15 is 0 Å². The quantitative estimate of drug-likeness (QED) is 0.356. The Morgan fingerprint density at radius 3 is 2.16 bits per heavy atom. The van der Waals surface area contributed by atoms with Crippen molar-refractivity contribution in [2.75, 3.05) is 13.7 Å². The topological polar surface area (TPSA) is 45.7 Å². The fraction of sp³-hybridized carbons (Fsp3) is 0.588. The number of halogens is 4. The maximum Gasteiger partial charge on any atom is 0.411 e. The predicted octanol–water partition coefficient (Wildman–Crippen LogP) is 4.09. The highest BCUT2D eigenvalue weighted by molar-refractivity contribution is 14.0. The van der Waals surface area contributed by atoms with E-state index in [-0.39, 0.29) is 30.6 Å². The number of hydrogen-bond acceptors (Lipinski definition) is 2. The molecule has 8 heteroatoms. The minimum absolute atomic E-state index is 0. The monoisotopic (exact) mass is 473 g/mol. The Kier molecular flexibility index (Phi) is 11.1. The maximum atomic E-state index is 12.0. The van der Waals surface area contributed by atoms with Crippen LogP contribution < -0.4 is 10.6 Å². The molecule has 0 heterocycles. The van der Waals surface area contributed by atoms with Crippen LogP contribution in [0.2, 0.25) is 0 Å². The van der Waals surface area contributed by atoms with E-state index in [0.29, 0.717) is 30.0 Å². The van der Waals surface area contributed by atoms with Gasteiger partial charge in [-0.25, -0.2) is 0 Å². The number of alkyl halides is 3. The van der Waals surface area contributed by atoms with Gasteiger partial charge in [0.15, 0.2) is 5.96 Å². The Morgan fingerprint density at radius 2 is 1.68 bits per heavy atom. The number of nitrogens with zero attached hydrogens (tertiary/aromatic N) is 1. The Hall–Kier alpha value is -1.03. The summed E-state index contributed by atoms with van der Waals surface area (Å²) >= 11 is 0. The largest absolute Gasteiger partial charge is 0.411 e. The van der Waals surface area contributed by atoms with Crippen LogP contribution in [0.1, 0.15) is 31.9 Å². The second kappa shape index (κ2) is 11.6. The van der Waals surface area contributed by atoms with E-state index < -0.39 is 12.8 Å². The molecule has 2 N–H and O–H groups in total. The average Bonchev–Trinajstić information content (AvgIpc) is 2.51. The molecule has 25 heavy (non-hydrogen) atoms. The molecule has 0 saturated carbocycles. The summed E-state index contributed by atoms with van der Waals surface area (Å²) in [4.78, 5) is 4.17. The minimum Gasteiger partial charge on any atom is -0.367 e. The minimum atomic E-state index is -4.29. The number of ether oxygens (including phenoxy) is 1. The summed E-state index contributed by atoms with van der Waals surface area (Å²) in [5, 5.41) is 6.51. The second-order valence-electron chi connectivity index (χ2n) is 6.03. The van der Waals surface area contributed by atoms with Crippen LogP contribution in [0.15, 0.2) is 29.3 Å². The van der Waals surface area contributed by atoms with Gasteiger partial charge in [-0.05, 0) is 24.0 Å². The van der Waals surface area contributed by atoms with Crippen molar-refractivity contribution in [1.29, 1.82) is 0 Å². The van der Waals surface area contributed by atoms with E-state index in [1.165, 1.54) is 0 Å². The zero-order valence-electron chi connectivity index (χ0n) is 15.0. The molecular weight excluding hydrogens is 446 g/mol. The third kappa shape index (κ3) is 10.5. The van der Waals surface area contributed by atoms with Gasteiger partial charge < -0.3 is 15.4 Å². The molecular formula is C17H27F3IN3O. The smallest absolute Gasteiger partial charge is 0.367 e. The Balaban J connectivity index is 0.00000576.